The molecule has 21 heavy (non-hydrogen) atoms. The van der Waals surface area contributed by atoms with E-state index in [1.54, 1.807) is 12.1 Å². The quantitative estimate of drug-likeness (QED) is 0.773. The van der Waals surface area contributed by atoms with Crippen LogP contribution in [0.15, 0.2) is 24.3 Å². The van der Waals surface area contributed by atoms with E-state index in [9.17, 15) is 13.6 Å². The van der Waals surface area contributed by atoms with Gasteiger partial charge in [0.2, 0.25) is 5.91 Å². The van der Waals surface area contributed by atoms with Gasteiger partial charge in [0, 0.05) is 6.42 Å². The highest BCUT2D eigenvalue weighted by Crippen LogP contribution is 2.28. The van der Waals surface area contributed by atoms with Crippen molar-refractivity contribution in [2.75, 3.05) is 11.9 Å². The zero-order chi connectivity index (χ0) is 15.9. The van der Waals surface area contributed by atoms with Gasteiger partial charge in [-0.2, -0.15) is 8.78 Å². The standard InChI is InChI=1S/C15H22F2N2O2/c1-15(2,9-10-18)8-7-13(20)19-11-5-3-4-6-12(11)21-14(16)17/h3-6,14H,7-10,18H2,1-2H3,(H,19,20). The molecule has 0 fully saturated rings. The average molecular weight is 300 g/mol. The molecule has 1 amide bonds. The zero-order valence-electron chi connectivity index (χ0n) is 12.4. The third-order valence-electron chi connectivity index (χ3n) is 3.23. The number of hydrogen-bond donors (Lipinski definition) is 2. The van der Waals surface area contributed by atoms with Crippen LogP contribution in [0.3, 0.4) is 0 Å². The molecule has 4 nitrogen and oxygen atoms in total. The minimum absolute atomic E-state index is 0.0227. The van der Waals surface area contributed by atoms with Gasteiger partial charge in [-0.3, -0.25) is 4.79 Å². The van der Waals surface area contributed by atoms with E-state index in [4.69, 9.17) is 5.73 Å². The van der Waals surface area contributed by atoms with Crippen molar-refractivity contribution in [1.29, 1.82) is 0 Å². The average Bonchev–Trinajstić information content (AvgIpc) is 2.38. The lowest BCUT2D eigenvalue weighted by atomic mass is 9.84. The minimum atomic E-state index is -2.92. The maximum atomic E-state index is 12.3. The Kier molecular flexibility index (Phi) is 6.55. The summed E-state index contributed by atoms with van der Waals surface area (Å²) in [5, 5.41) is 2.60. The summed E-state index contributed by atoms with van der Waals surface area (Å²) in [6.45, 7) is 1.73. The van der Waals surface area contributed by atoms with Crippen molar-refractivity contribution >= 4 is 11.6 Å². The highest BCUT2D eigenvalue weighted by molar-refractivity contribution is 5.92. The molecule has 3 N–H and O–H groups in total. The van der Waals surface area contributed by atoms with Gasteiger partial charge in [0.25, 0.3) is 0 Å². The molecule has 1 rings (SSSR count). The van der Waals surface area contributed by atoms with Crippen LogP contribution >= 0.6 is 0 Å². The summed E-state index contributed by atoms with van der Waals surface area (Å²) in [4.78, 5) is 11.9. The number of ether oxygens (including phenoxy) is 1. The first-order valence-corrected chi connectivity index (χ1v) is 6.88. The second kappa shape index (κ2) is 7.93. The molecule has 0 radical (unpaired) electrons. The van der Waals surface area contributed by atoms with Crippen LogP contribution in [0.5, 0.6) is 5.75 Å². The number of nitrogens with two attached hydrogens (primary N) is 1. The third kappa shape index (κ3) is 6.53. The number of rotatable bonds is 8. The number of hydrogen-bond acceptors (Lipinski definition) is 3. The van der Waals surface area contributed by atoms with Crippen molar-refractivity contribution < 1.29 is 18.3 Å². The highest BCUT2D eigenvalue weighted by Gasteiger charge is 2.19. The second-order valence-corrected chi connectivity index (χ2v) is 5.63. The van der Waals surface area contributed by atoms with Gasteiger partial charge in [-0.05, 0) is 36.9 Å². The predicted molar refractivity (Wildman–Crippen MR) is 78.4 cm³/mol. The largest absolute Gasteiger partial charge is 0.433 e. The Bertz CT molecular complexity index is 465. The molecule has 1 aromatic carbocycles. The van der Waals surface area contributed by atoms with E-state index in [1.807, 2.05) is 13.8 Å². The van der Waals surface area contributed by atoms with E-state index in [0.717, 1.165) is 6.42 Å². The first kappa shape index (κ1) is 17.4. The molecule has 0 saturated heterocycles. The molecule has 1 aromatic rings. The zero-order valence-corrected chi connectivity index (χ0v) is 12.4. The number of amides is 1. The lowest BCUT2D eigenvalue weighted by Crippen LogP contribution is -2.21. The first-order valence-electron chi connectivity index (χ1n) is 6.88. The van der Waals surface area contributed by atoms with Gasteiger partial charge in [-0.15, -0.1) is 0 Å². The molecule has 0 aromatic heterocycles. The van der Waals surface area contributed by atoms with Crippen LogP contribution in [0.2, 0.25) is 0 Å². The normalized spacial score (nSPS) is 11.5. The van der Waals surface area contributed by atoms with Gasteiger partial charge < -0.3 is 15.8 Å². The summed E-state index contributed by atoms with van der Waals surface area (Å²) in [7, 11) is 0. The molecule has 6 heteroatoms. The number of carbonyl (C=O) groups is 1. The van der Waals surface area contributed by atoms with Crippen molar-refractivity contribution in [2.45, 2.75) is 39.7 Å². The van der Waals surface area contributed by atoms with Crippen LogP contribution in [-0.4, -0.2) is 19.1 Å². The molecule has 0 aliphatic rings. The van der Waals surface area contributed by atoms with Crippen molar-refractivity contribution in [2.24, 2.45) is 11.1 Å². The summed E-state index contributed by atoms with van der Waals surface area (Å²) < 4.78 is 28.9. The van der Waals surface area contributed by atoms with Crippen molar-refractivity contribution in [3.8, 4) is 5.75 Å². The fraction of sp³-hybridized carbons (Fsp3) is 0.533. The molecular formula is C15H22F2N2O2. The lowest BCUT2D eigenvalue weighted by Gasteiger charge is -2.23. The number of benzene rings is 1. The molecule has 0 unspecified atom stereocenters. The third-order valence-corrected chi connectivity index (χ3v) is 3.23. The van der Waals surface area contributed by atoms with Crippen molar-refractivity contribution in [3.05, 3.63) is 24.3 Å². The molecule has 0 aliphatic heterocycles. The summed E-state index contributed by atoms with van der Waals surface area (Å²) in [5.74, 6) is -0.271. The number of nitrogens with one attached hydrogen (secondary N) is 1. The Morgan fingerprint density at radius 3 is 2.62 bits per heavy atom. The number of alkyl halides is 2. The maximum Gasteiger partial charge on any atom is 0.387 e. The molecule has 0 heterocycles. The van der Waals surface area contributed by atoms with Gasteiger partial charge in [-0.1, -0.05) is 26.0 Å². The number of para-hydroxylation sites is 2. The minimum Gasteiger partial charge on any atom is -0.433 e. The highest BCUT2D eigenvalue weighted by atomic mass is 19.3. The Morgan fingerprint density at radius 2 is 2.00 bits per heavy atom. The van der Waals surface area contributed by atoms with Gasteiger partial charge in [0.15, 0.2) is 0 Å². The Hall–Kier alpha value is -1.69. The van der Waals surface area contributed by atoms with Crippen LogP contribution in [-0.2, 0) is 4.79 Å². The van der Waals surface area contributed by atoms with E-state index in [1.165, 1.54) is 12.1 Å². The number of halogens is 2. The number of carbonyl (C=O) groups excluding carboxylic acids is 1. The molecule has 0 aliphatic carbocycles. The van der Waals surface area contributed by atoms with E-state index in [2.05, 4.69) is 10.1 Å². The molecule has 0 spiro atoms. The lowest BCUT2D eigenvalue weighted by molar-refractivity contribution is -0.116. The van der Waals surface area contributed by atoms with E-state index in [0.29, 0.717) is 19.4 Å². The topological polar surface area (TPSA) is 64.4 Å². The van der Waals surface area contributed by atoms with Crippen LogP contribution in [0, 0.1) is 5.41 Å². The maximum absolute atomic E-state index is 12.3. The van der Waals surface area contributed by atoms with Crippen molar-refractivity contribution in [3.63, 3.8) is 0 Å². The molecule has 118 valence electrons. The smallest absolute Gasteiger partial charge is 0.387 e. The SMILES string of the molecule is CC(C)(CCN)CCC(=O)Nc1ccccc1OC(F)F. The van der Waals surface area contributed by atoms with Crippen LogP contribution in [0.25, 0.3) is 0 Å². The first-order chi connectivity index (χ1) is 9.84. The summed E-state index contributed by atoms with van der Waals surface area (Å²) >= 11 is 0. The van der Waals surface area contributed by atoms with Crippen LogP contribution < -0.4 is 15.8 Å². The Balaban J connectivity index is 2.59. The summed E-state index contributed by atoms with van der Waals surface area (Å²) in [5.41, 5.74) is 5.75. The molecule has 0 bridgehead atoms. The fourth-order valence-corrected chi connectivity index (χ4v) is 1.95. The monoisotopic (exact) mass is 300 g/mol. The van der Waals surface area contributed by atoms with E-state index < -0.39 is 6.61 Å². The molecule has 0 atom stereocenters. The summed E-state index contributed by atoms with van der Waals surface area (Å²) in [6, 6.07) is 6.13. The molecule has 0 saturated carbocycles. The van der Waals surface area contributed by atoms with Gasteiger partial charge in [0.1, 0.15) is 5.75 Å². The van der Waals surface area contributed by atoms with Gasteiger partial charge >= 0.3 is 6.61 Å². The number of anilines is 1. The van der Waals surface area contributed by atoms with Gasteiger partial charge in [0.05, 0.1) is 5.69 Å². The van der Waals surface area contributed by atoms with Crippen LogP contribution in [0.4, 0.5) is 14.5 Å². The second-order valence-electron chi connectivity index (χ2n) is 5.63. The van der Waals surface area contributed by atoms with E-state index in [-0.39, 0.29) is 22.8 Å². The van der Waals surface area contributed by atoms with Gasteiger partial charge in [-0.25, -0.2) is 0 Å². The molecular weight excluding hydrogens is 278 g/mol. The Labute approximate surface area is 123 Å². The predicted octanol–water partition coefficient (Wildman–Crippen LogP) is 3.38. The van der Waals surface area contributed by atoms with Crippen molar-refractivity contribution in [1.82, 2.24) is 0 Å². The fourth-order valence-electron chi connectivity index (χ4n) is 1.95. The van der Waals surface area contributed by atoms with E-state index >= 15 is 0 Å². The van der Waals surface area contributed by atoms with Crippen LogP contribution in [0.1, 0.15) is 33.1 Å². The summed E-state index contributed by atoms with van der Waals surface area (Å²) in [6.07, 6.45) is 1.80. The Morgan fingerprint density at radius 1 is 1.33 bits per heavy atom.